The van der Waals surface area contributed by atoms with Gasteiger partial charge in [-0.3, -0.25) is 14.9 Å². The summed E-state index contributed by atoms with van der Waals surface area (Å²) >= 11 is 7.38. The number of aryl methyl sites for hydroxylation is 1. The number of rotatable bonds is 7. The van der Waals surface area contributed by atoms with E-state index >= 15 is 0 Å². The van der Waals surface area contributed by atoms with E-state index < -0.39 is 30.4 Å². The Morgan fingerprint density at radius 2 is 1.90 bits per heavy atom. The molecular weight excluding hydrogens is 438 g/mol. The van der Waals surface area contributed by atoms with Crippen molar-refractivity contribution in [2.75, 3.05) is 11.9 Å². The molecule has 0 radical (unpaired) electrons. The number of ether oxygens (including phenoxy) is 1. The molecule has 1 unspecified atom stereocenters. The van der Waals surface area contributed by atoms with Crippen LogP contribution in [-0.4, -0.2) is 35.4 Å². The Bertz CT molecular complexity index is 1130. The van der Waals surface area contributed by atoms with Crippen molar-refractivity contribution in [1.82, 2.24) is 10.3 Å². The minimum atomic E-state index is -0.929. The van der Waals surface area contributed by atoms with Gasteiger partial charge in [-0.2, -0.15) is 0 Å². The third-order valence-electron chi connectivity index (χ3n) is 4.46. The molecule has 0 bridgehead atoms. The minimum Gasteiger partial charge on any atom is -0.454 e. The van der Waals surface area contributed by atoms with Gasteiger partial charge in [0.1, 0.15) is 6.04 Å². The number of thiazole rings is 1. The Kier molecular flexibility index (Phi) is 7.25. The third-order valence-corrected chi connectivity index (χ3v) is 5.72. The molecule has 9 heteroatoms. The quantitative estimate of drug-likeness (QED) is 0.516. The summed E-state index contributed by atoms with van der Waals surface area (Å²) in [6.45, 7) is 5.02. The van der Waals surface area contributed by atoms with Gasteiger partial charge in [-0.25, -0.2) is 9.78 Å². The molecule has 3 rings (SSSR count). The predicted molar refractivity (Wildman–Crippen MR) is 121 cm³/mol. The highest BCUT2D eigenvalue weighted by atomic mass is 35.5. The molecule has 1 heterocycles. The van der Waals surface area contributed by atoms with Gasteiger partial charge in [0, 0.05) is 0 Å². The van der Waals surface area contributed by atoms with E-state index in [-0.39, 0.29) is 16.5 Å². The van der Waals surface area contributed by atoms with Crippen LogP contribution in [0, 0.1) is 12.8 Å². The number of hydrogen-bond acceptors (Lipinski definition) is 6. The van der Waals surface area contributed by atoms with Crippen LogP contribution >= 0.6 is 22.9 Å². The van der Waals surface area contributed by atoms with E-state index in [2.05, 4.69) is 15.6 Å². The summed E-state index contributed by atoms with van der Waals surface area (Å²) in [4.78, 5) is 41.5. The fourth-order valence-corrected chi connectivity index (χ4v) is 4.03. The molecule has 0 spiro atoms. The van der Waals surface area contributed by atoms with Crippen LogP contribution in [0.25, 0.3) is 10.2 Å². The monoisotopic (exact) mass is 459 g/mol. The Hall–Kier alpha value is -2.97. The second-order valence-electron chi connectivity index (χ2n) is 7.32. The maximum absolute atomic E-state index is 12.5. The molecule has 2 amide bonds. The van der Waals surface area contributed by atoms with E-state index in [4.69, 9.17) is 16.3 Å². The van der Waals surface area contributed by atoms with Gasteiger partial charge >= 0.3 is 5.97 Å². The first kappa shape index (κ1) is 22.7. The van der Waals surface area contributed by atoms with Crippen LogP contribution < -0.4 is 10.6 Å². The molecule has 0 aliphatic heterocycles. The van der Waals surface area contributed by atoms with Crippen LogP contribution in [0.2, 0.25) is 5.02 Å². The number of halogens is 1. The molecule has 0 fully saturated rings. The van der Waals surface area contributed by atoms with Crippen molar-refractivity contribution >= 4 is 56.1 Å². The summed E-state index contributed by atoms with van der Waals surface area (Å²) in [5, 5.41) is 5.97. The molecule has 0 saturated heterocycles. The molecule has 2 N–H and O–H groups in total. The topological polar surface area (TPSA) is 97.4 Å². The lowest BCUT2D eigenvalue weighted by Crippen LogP contribution is -2.46. The zero-order valence-electron chi connectivity index (χ0n) is 17.3. The normalized spacial score (nSPS) is 11.9. The number of nitrogens with one attached hydrogen (secondary N) is 2. The SMILES string of the molecule is Cc1ccc2nc(NC(=O)COC(=O)C(NC(=O)c3ccccc3Cl)C(C)C)sc2c1. The fraction of sp³-hybridized carbons (Fsp3) is 0.273. The van der Waals surface area contributed by atoms with Crippen molar-refractivity contribution in [2.24, 2.45) is 5.92 Å². The molecule has 0 saturated carbocycles. The summed E-state index contributed by atoms with van der Waals surface area (Å²) in [6, 6.07) is 11.4. The van der Waals surface area contributed by atoms with Crippen molar-refractivity contribution in [2.45, 2.75) is 26.8 Å². The Labute approximate surface area is 188 Å². The third kappa shape index (κ3) is 5.80. The van der Waals surface area contributed by atoms with E-state index in [1.165, 1.54) is 11.3 Å². The van der Waals surface area contributed by atoms with Crippen LogP contribution in [0.5, 0.6) is 0 Å². The second kappa shape index (κ2) is 9.89. The van der Waals surface area contributed by atoms with Gasteiger partial charge in [0.25, 0.3) is 11.8 Å². The van der Waals surface area contributed by atoms with E-state index in [1.54, 1.807) is 38.1 Å². The van der Waals surface area contributed by atoms with Gasteiger partial charge < -0.3 is 10.1 Å². The second-order valence-corrected chi connectivity index (χ2v) is 8.76. The summed E-state index contributed by atoms with van der Waals surface area (Å²) in [5.74, 6) is -1.96. The Balaban J connectivity index is 1.58. The molecule has 0 aliphatic carbocycles. The molecule has 3 aromatic rings. The number of amides is 2. The lowest BCUT2D eigenvalue weighted by atomic mass is 10.0. The molecule has 1 aromatic heterocycles. The number of hydrogen-bond donors (Lipinski definition) is 2. The number of esters is 1. The first-order valence-corrected chi connectivity index (χ1v) is 10.8. The number of nitrogens with zero attached hydrogens (tertiary/aromatic N) is 1. The molecule has 162 valence electrons. The predicted octanol–water partition coefficient (Wildman–Crippen LogP) is 4.19. The largest absolute Gasteiger partial charge is 0.454 e. The number of anilines is 1. The molecule has 2 aromatic carbocycles. The average molecular weight is 460 g/mol. The zero-order valence-corrected chi connectivity index (χ0v) is 18.8. The highest BCUT2D eigenvalue weighted by Crippen LogP contribution is 2.26. The first-order valence-electron chi connectivity index (χ1n) is 9.63. The Morgan fingerprint density at radius 1 is 1.16 bits per heavy atom. The molecule has 31 heavy (non-hydrogen) atoms. The lowest BCUT2D eigenvalue weighted by molar-refractivity contribution is -0.150. The van der Waals surface area contributed by atoms with Crippen molar-refractivity contribution in [1.29, 1.82) is 0 Å². The van der Waals surface area contributed by atoms with Gasteiger partial charge in [0.2, 0.25) is 0 Å². The number of fused-ring (bicyclic) bond motifs is 1. The van der Waals surface area contributed by atoms with E-state index in [0.717, 1.165) is 15.8 Å². The van der Waals surface area contributed by atoms with E-state index in [1.807, 2.05) is 25.1 Å². The minimum absolute atomic E-state index is 0.255. The zero-order chi connectivity index (χ0) is 22.5. The number of carbonyl (C=O) groups excluding carboxylic acids is 3. The van der Waals surface area contributed by atoms with Gasteiger partial charge in [0.15, 0.2) is 11.7 Å². The lowest BCUT2D eigenvalue weighted by Gasteiger charge is -2.21. The summed E-state index contributed by atoms with van der Waals surface area (Å²) in [5.41, 5.74) is 2.14. The van der Waals surface area contributed by atoms with Crippen LogP contribution in [0.15, 0.2) is 42.5 Å². The van der Waals surface area contributed by atoms with Crippen molar-refractivity contribution in [3.05, 3.63) is 58.6 Å². The van der Waals surface area contributed by atoms with Crippen LogP contribution in [0.4, 0.5) is 5.13 Å². The van der Waals surface area contributed by atoms with Gasteiger partial charge in [-0.05, 0) is 42.7 Å². The molecule has 7 nitrogen and oxygen atoms in total. The standard InChI is InChI=1S/C22H22ClN3O4S/c1-12(2)19(26-20(28)14-6-4-5-7-15(14)23)21(29)30-11-18(27)25-22-24-16-9-8-13(3)10-17(16)31-22/h4-10,12,19H,11H2,1-3H3,(H,26,28)(H,24,25,27). The van der Waals surface area contributed by atoms with Crippen molar-refractivity contribution in [3.63, 3.8) is 0 Å². The first-order chi connectivity index (χ1) is 14.7. The average Bonchev–Trinajstić information content (AvgIpc) is 3.11. The van der Waals surface area contributed by atoms with Crippen molar-refractivity contribution in [3.8, 4) is 0 Å². The summed E-state index contributed by atoms with van der Waals surface area (Å²) in [7, 11) is 0. The fourth-order valence-electron chi connectivity index (χ4n) is 2.83. The number of carbonyl (C=O) groups is 3. The van der Waals surface area contributed by atoms with E-state index in [9.17, 15) is 14.4 Å². The van der Waals surface area contributed by atoms with Crippen LogP contribution in [-0.2, 0) is 14.3 Å². The number of benzene rings is 2. The van der Waals surface area contributed by atoms with Gasteiger partial charge in [0.05, 0.1) is 20.8 Å². The van der Waals surface area contributed by atoms with Crippen LogP contribution in [0.1, 0.15) is 29.8 Å². The smallest absolute Gasteiger partial charge is 0.329 e. The van der Waals surface area contributed by atoms with E-state index in [0.29, 0.717) is 5.13 Å². The van der Waals surface area contributed by atoms with Crippen molar-refractivity contribution < 1.29 is 19.1 Å². The van der Waals surface area contributed by atoms with Gasteiger partial charge in [-0.1, -0.05) is 55.0 Å². The highest BCUT2D eigenvalue weighted by Gasteiger charge is 2.27. The molecule has 0 aliphatic rings. The summed E-state index contributed by atoms with van der Waals surface area (Å²) in [6.07, 6.45) is 0. The number of aromatic nitrogens is 1. The highest BCUT2D eigenvalue weighted by molar-refractivity contribution is 7.22. The maximum atomic E-state index is 12.5. The summed E-state index contributed by atoms with van der Waals surface area (Å²) < 4.78 is 6.09. The maximum Gasteiger partial charge on any atom is 0.329 e. The molecule has 1 atom stereocenters. The molecular formula is C22H22ClN3O4S. The van der Waals surface area contributed by atoms with Gasteiger partial charge in [-0.15, -0.1) is 0 Å². The Morgan fingerprint density at radius 3 is 2.61 bits per heavy atom. The van der Waals surface area contributed by atoms with Crippen LogP contribution in [0.3, 0.4) is 0 Å².